The lowest BCUT2D eigenvalue weighted by molar-refractivity contribution is 0.0670. The van der Waals surface area contributed by atoms with Gasteiger partial charge < -0.3 is 9.32 Å². The van der Waals surface area contributed by atoms with E-state index in [9.17, 15) is 4.79 Å². The Bertz CT molecular complexity index is 387. The number of nitrogens with zero attached hydrogens (tertiary/aromatic N) is 1. The third-order valence-electron chi connectivity index (χ3n) is 3.41. The van der Waals surface area contributed by atoms with Gasteiger partial charge >= 0.3 is 0 Å². The van der Waals surface area contributed by atoms with Gasteiger partial charge in [0.25, 0.3) is 5.91 Å². The van der Waals surface area contributed by atoms with Crippen molar-refractivity contribution in [2.75, 3.05) is 18.4 Å². The molecule has 0 radical (unpaired) electrons. The van der Waals surface area contributed by atoms with Crippen molar-refractivity contribution in [2.24, 2.45) is 5.92 Å². The number of aryl methyl sites for hydroxylation is 1. The zero-order valence-electron chi connectivity index (χ0n) is 10.1. The third-order valence-corrected chi connectivity index (χ3v) is 3.87. The average Bonchev–Trinajstić information content (AvgIpc) is 2.75. The van der Waals surface area contributed by atoms with Crippen LogP contribution in [0.25, 0.3) is 0 Å². The van der Waals surface area contributed by atoms with Crippen molar-refractivity contribution in [3.8, 4) is 0 Å². The van der Waals surface area contributed by atoms with Crippen molar-refractivity contribution in [1.29, 1.82) is 0 Å². The molecule has 2 rings (SSSR count). The summed E-state index contributed by atoms with van der Waals surface area (Å²) in [6.07, 6.45) is 5.08. The Hall–Kier alpha value is -0.770. The van der Waals surface area contributed by atoms with Gasteiger partial charge in [-0.3, -0.25) is 4.79 Å². The van der Waals surface area contributed by atoms with Crippen molar-refractivity contribution < 1.29 is 9.21 Å². The van der Waals surface area contributed by atoms with Gasteiger partial charge in [0.1, 0.15) is 5.76 Å². The highest BCUT2D eigenvalue weighted by Crippen LogP contribution is 2.22. The predicted octanol–water partition coefficient (Wildman–Crippen LogP) is 3.23. The first-order valence-corrected chi connectivity index (χ1v) is 7.24. The number of amides is 1. The minimum absolute atomic E-state index is 0.121. The Morgan fingerprint density at radius 1 is 1.65 bits per heavy atom. The molecular formula is C13H18BrNO2. The van der Waals surface area contributed by atoms with Crippen LogP contribution in [-0.2, 0) is 0 Å². The number of hydrogen-bond donors (Lipinski definition) is 0. The molecular weight excluding hydrogens is 282 g/mol. The highest BCUT2D eigenvalue weighted by Gasteiger charge is 2.25. The molecule has 1 atom stereocenters. The molecule has 0 aromatic carbocycles. The molecule has 1 aliphatic heterocycles. The second-order valence-electron chi connectivity index (χ2n) is 4.63. The van der Waals surface area contributed by atoms with Gasteiger partial charge in [0.15, 0.2) is 0 Å². The summed E-state index contributed by atoms with van der Waals surface area (Å²) in [5, 5.41) is 1.02. The first-order valence-electron chi connectivity index (χ1n) is 6.11. The van der Waals surface area contributed by atoms with Crippen LogP contribution in [-0.4, -0.2) is 29.2 Å². The Morgan fingerprint density at radius 2 is 2.47 bits per heavy atom. The highest BCUT2D eigenvalue weighted by molar-refractivity contribution is 9.09. The molecule has 0 N–H and O–H groups in total. The van der Waals surface area contributed by atoms with Gasteiger partial charge in [-0.05, 0) is 38.2 Å². The van der Waals surface area contributed by atoms with Crippen molar-refractivity contribution in [2.45, 2.75) is 26.2 Å². The van der Waals surface area contributed by atoms with Crippen LogP contribution in [0.2, 0.25) is 0 Å². The van der Waals surface area contributed by atoms with Gasteiger partial charge in [-0.1, -0.05) is 15.9 Å². The number of carbonyl (C=O) groups is 1. The van der Waals surface area contributed by atoms with Gasteiger partial charge in [-0.2, -0.15) is 0 Å². The van der Waals surface area contributed by atoms with Crippen LogP contribution in [0.15, 0.2) is 16.7 Å². The number of furan rings is 1. The molecule has 0 aliphatic carbocycles. The van der Waals surface area contributed by atoms with E-state index in [1.165, 1.54) is 6.42 Å². The van der Waals surface area contributed by atoms with Gasteiger partial charge in [-0.15, -0.1) is 0 Å². The first kappa shape index (κ1) is 12.7. The van der Waals surface area contributed by atoms with Gasteiger partial charge in [-0.25, -0.2) is 0 Å². The minimum Gasteiger partial charge on any atom is -0.469 e. The molecule has 3 nitrogen and oxygen atoms in total. The fourth-order valence-electron chi connectivity index (χ4n) is 2.42. The molecule has 1 aromatic heterocycles. The van der Waals surface area contributed by atoms with Crippen LogP contribution in [0.1, 0.15) is 35.4 Å². The van der Waals surface area contributed by atoms with Crippen LogP contribution in [0, 0.1) is 12.8 Å². The fourth-order valence-corrected chi connectivity index (χ4v) is 3.06. The molecule has 2 heterocycles. The first-order chi connectivity index (χ1) is 8.22. The lowest BCUT2D eigenvalue weighted by atomic mass is 9.95. The molecule has 1 unspecified atom stereocenters. The lowest BCUT2D eigenvalue weighted by Gasteiger charge is -2.32. The van der Waals surface area contributed by atoms with Gasteiger partial charge in [0.2, 0.25) is 0 Å². The standard InChI is InChI=1S/C13H18BrNO2/c1-10-12(5-8-17-10)13(16)15-7-2-3-11(9-15)4-6-14/h5,8,11H,2-4,6-7,9H2,1H3. The molecule has 1 amide bonds. The second-order valence-corrected chi connectivity index (χ2v) is 5.42. The number of likely N-dealkylation sites (tertiary alicyclic amines) is 1. The number of hydrogen-bond acceptors (Lipinski definition) is 2. The fraction of sp³-hybridized carbons (Fsp3) is 0.615. The average molecular weight is 300 g/mol. The SMILES string of the molecule is Cc1occc1C(=O)N1CCCC(CCBr)C1. The smallest absolute Gasteiger partial charge is 0.257 e. The summed E-state index contributed by atoms with van der Waals surface area (Å²) in [5.74, 6) is 1.48. The lowest BCUT2D eigenvalue weighted by Crippen LogP contribution is -2.40. The maximum Gasteiger partial charge on any atom is 0.257 e. The molecule has 94 valence electrons. The van der Waals surface area contributed by atoms with Crippen molar-refractivity contribution in [1.82, 2.24) is 4.90 Å². The minimum atomic E-state index is 0.121. The summed E-state index contributed by atoms with van der Waals surface area (Å²) in [4.78, 5) is 14.3. The summed E-state index contributed by atoms with van der Waals surface area (Å²) in [6, 6.07) is 1.77. The second kappa shape index (κ2) is 5.71. The van der Waals surface area contributed by atoms with Gasteiger partial charge in [0, 0.05) is 18.4 Å². The summed E-state index contributed by atoms with van der Waals surface area (Å²) >= 11 is 3.47. The molecule has 0 saturated carbocycles. The van der Waals surface area contributed by atoms with Crippen LogP contribution >= 0.6 is 15.9 Å². The zero-order chi connectivity index (χ0) is 12.3. The molecule has 1 saturated heterocycles. The van der Waals surface area contributed by atoms with E-state index in [4.69, 9.17) is 4.42 Å². The number of carbonyl (C=O) groups excluding carboxylic acids is 1. The Morgan fingerprint density at radius 3 is 3.12 bits per heavy atom. The monoisotopic (exact) mass is 299 g/mol. The maximum absolute atomic E-state index is 12.3. The van der Waals surface area contributed by atoms with Crippen molar-refractivity contribution in [3.05, 3.63) is 23.7 Å². The Kier molecular flexibility index (Phi) is 4.26. The molecule has 1 aromatic rings. The highest BCUT2D eigenvalue weighted by atomic mass is 79.9. The van der Waals surface area contributed by atoms with Crippen LogP contribution in [0.4, 0.5) is 0 Å². The van der Waals surface area contributed by atoms with Crippen LogP contribution < -0.4 is 0 Å². The van der Waals surface area contributed by atoms with E-state index in [0.29, 0.717) is 11.5 Å². The third kappa shape index (κ3) is 2.92. The van der Waals surface area contributed by atoms with Gasteiger partial charge in [0.05, 0.1) is 11.8 Å². The molecule has 1 aliphatic rings. The molecule has 0 bridgehead atoms. The van der Waals surface area contributed by atoms with E-state index in [-0.39, 0.29) is 5.91 Å². The Balaban J connectivity index is 2.02. The zero-order valence-corrected chi connectivity index (χ0v) is 11.7. The van der Waals surface area contributed by atoms with E-state index < -0.39 is 0 Å². The van der Waals surface area contributed by atoms with E-state index in [0.717, 1.165) is 37.0 Å². The predicted molar refractivity (Wildman–Crippen MR) is 70.5 cm³/mol. The number of halogens is 1. The largest absolute Gasteiger partial charge is 0.469 e. The summed E-state index contributed by atoms with van der Waals surface area (Å²) in [5.41, 5.74) is 0.712. The molecule has 4 heteroatoms. The van der Waals surface area contributed by atoms with E-state index in [1.807, 2.05) is 11.8 Å². The number of alkyl halides is 1. The molecule has 1 fully saturated rings. The van der Waals surface area contributed by atoms with Crippen LogP contribution in [0.5, 0.6) is 0 Å². The van der Waals surface area contributed by atoms with Crippen molar-refractivity contribution >= 4 is 21.8 Å². The number of piperidine rings is 1. The molecule has 0 spiro atoms. The molecule has 17 heavy (non-hydrogen) atoms. The van der Waals surface area contributed by atoms with E-state index >= 15 is 0 Å². The maximum atomic E-state index is 12.3. The summed E-state index contributed by atoms with van der Waals surface area (Å²) < 4.78 is 5.20. The summed E-state index contributed by atoms with van der Waals surface area (Å²) in [7, 11) is 0. The van der Waals surface area contributed by atoms with Crippen LogP contribution in [0.3, 0.4) is 0 Å². The van der Waals surface area contributed by atoms with E-state index in [1.54, 1.807) is 12.3 Å². The summed E-state index contributed by atoms with van der Waals surface area (Å²) in [6.45, 7) is 3.60. The topological polar surface area (TPSA) is 33.5 Å². The van der Waals surface area contributed by atoms with Crippen molar-refractivity contribution in [3.63, 3.8) is 0 Å². The van der Waals surface area contributed by atoms with E-state index in [2.05, 4.69) is 15.9 Å². The Labute approximate surface area is 110 Å². The number of rotatable bonds is 3. The quantitative estimate of drug-likeness (QED) is 0.803. The normalized spacial score (nSPS) is 20.6.